The first-order chi connectivity index (χ1) is 9.69. The molecular weight excluding hydrogens is 276 g/mol. The Morgan fingerprint density at radius 1 is 1.45 bits per heavy atom. The topological polar surface area (TPSA) is 87.5 Å². The number of hydrazine groups is 1. The van der Waals surface area contributed by atoms with Crippen LogP contribution in [0.4, 0.5) is 0 Å². The molecule has 0 radical (unpaired) electrons. The molecule has 1 atom stereocenters. The molecular formula is C13H20N4O2S. The molecule has 1 saturated heterocycles. The second-order valence-electron chi connectivity index (χ2n) is 4.96. The summed E-state index contributed by atoms with van der Waals surface area (Å²) >= 11 is 1.33. The summed E-state index contributed by atoms with van der Waals surface area (Å²) in [6, 6.07) is 3.50. The number of hydrogen-bond donors (Lipinski definition) is 3. The number of carbonyl (C=O) groups is 2. The highest BCUT2D eigenvalue weighted by molar-refractivity contribution is 7.12. The highest BCUT2D eigenvalue weighted by atomic mass is 32.1. The molecule has 1 aliphatic heterocycles. The number of likely N-dealkylation sites (tertiary alicyclic amines) is 1. The SMILES string of the molecule is NCC1CCCN(CC(=O)NNC(=O)c2cccs2)C1. The minimum atomic E-state index is -0.285. The fourth-order valence-electron chi connectivity index (χ4n) is 2.33. The van der Waals surface area contributed by atoms with E-state index < -0.39 is 0 Å². The predicted octanol–water partition coefficient (Wildman–Crippen LogP) is 0.180. The molecule has 1 unspecified atom stereocenters. The van der Waals surface area contributed by atoms with Crippen molar-refractivity contribution in [3.63, 3.8) is 0 Å². The molecule has 0 spiro atoms. The number of nitrogens with two attached hydrogens (primary N) is 1. The van der Waals surface area contributed by atoms with Crippen LogP contribution in [-0.2, 0) is 4.79 Å². The second-order valence-corrected chi connectivity index (χ2v) is 5.91. The Morgan fingerprint density at radius 2 is 2.30 bits per heavy atom. The van der Waals surface area contributed by atoms with Gasteiger partial charge in [-0.3, -0.25) is 25.3 Å². The lowest BCUT2D eigenvalue weighted by molar-refractivity contribution is -0.123. The first-order valence-electron chi connectivity index (χ1n) is 6.74. The van der Waals surface area contributed by atoms with Crippen molar-refractivity contribution in [1.29, 1.82) is 0 Å². The predicted molar refractivity (Wildman–Crippen MR) is 78.1 cm³/mol. The summed E-state index contributed by atoms with van der Waals surface area (Å²) in [6.07, 6.45) is 2.19. The summed E-state index contributed by atoms with van der Waals surface area (Å²) < 4.78 is 0. The fourth-order valence-corrected chi connectivity index (χ4v) is 2.94. The van der Waals surface area contributed by atoms with Gasteiger partial charge in [0.25, 0.3) is 11.8 Å². The van der Waals surface area contributed by atoms with E-state index in [0.29, 0.717) is 23.9 Å². The van der Waals surface area contributed by atoms with E-state index in [1.165, 1.54) is 11.3 Å². The van der Waals surface area contributed by atoms with Crippen molar-refractivity contribution in [3.8, 4) is 0 Å². The third kappa shape index (κ3) is 4.29. The zero-order chi connectivity index (χ0) is 14.4. The van der Waals surface area contributed by atoms with Gasteiger partial charge in [-0.2, -0.15) is 0 Å². The van der Waals surface area contributed by atoms with E-state index in [9.17, 15) is 9.59 Å². The van der Waals surface area contributed by atoms with E-state index in [4.69, 9.17) is 5.73 Å². The highest BCUT2D eigenvalue weighted by Crippen LogP contribution is 2.14. The fraction of sp³-hybridized carbons (Fsp3) is 0.538. The monoisotopic (exact) mass is 296 g/mol. The van der Waals surface area contributed by atoms with Crippen LogP contribution < -0.4 is 16.6 Å². The highest BCUT2D eigenvalue weighted by Gasteiger charge is 2.20. The summed E-state index contributed by atoms with van der Waals surface area (Å²) in [5, 5.41) is 1.82. The van der Waals surface area contributed by atoms with Crippen LogP contribution in [0.2, 0.25) is 0 Å². The van der Waals surface area contributed by atoms with Gasteiger partial charge in [0.2, 0.25) is 0 Å². The van der Waals surface area contributed by atoms with Gasteiger partial charge in [-0.05, 0) is 43.3 Å². The smallest absolute Gasteiger partial charge is 0.279 e. The number of amides is 2. The van der Waals surface area contributed by atoms with Gasteiger partial charge in [0, 0.05) is 6.54 Å². The molecule has 110 valence electrons. The number of nitrogens with zero attached hydrogens (tertiary/aromatic N) is 1. The summed E-state index contributed by atoms with van der Waals surface area (Å²) in [4.78, 5) is 26.1. The molecule has 7 heteroatoms. The van der Waals surface area contributed by atoms with Crippen molar-refractivity contribution >= 4 is 23.2 Å². The van der Waals surface area contributed by atoms with Crippen LogP contribution in [0.5, 0.6) is 0 Å². The van der Waals surface area contributed by atoms with Crippen LogP contribution in [0.15, 0.2) is 17.5 Å². The van der Waals surface area contributed by atoms with Gasteiger partial charge in [0.1, 0.15) is 0 Å². The maximum atomic E-state index is 11.8. The van der Waals surface area contributed by atoms with Crippen molar-refractivity contribution in [3.05, 3.63) is 22.4 Å². The average Bonchev–Trinajstić information content (AvgIpc) is 2.99. The Labute approximate surface area is 122 Å². The van der Waals surface area contributed by atoms with E-state index in [-0.39, 0.29) is 11.8 Å². The van der Waals surface area contributed by atoms with Gasteiger partial charge < -0.3 is 5.73 Å². The maximum absolute atomic E-state index is 11.8. The van der Waals surface area contributed by atoms with Crippen LogP contribution in [0.25, 0.3) is 0 Å². The standard InChI is InChI=1S/C13H20N4O2S/c14-7-10-3-1-5-17(8-10)9-12(18)15-16-13(19)11-4-2-6-20-11/h2,4,6,10H,1,3,5,7-9,14H2,(H,15,18)(H,16,19). The molecule has 0 saturated carbocycles. The lowest BCUT2D eigenvalue weighted by Gasteiger charge is -2.31. The zero-order valence-corrected chi connectivity index (χ0v) is 12.1. The Hall–Kier alpha value is -1.44. The maximum Gasteiger partial charge on any atom is 0.279 e. The summed E-state index contributed by atoms with van der Waals surface area (Å²) in [5.74, 6) is -0.0170. The summed E-state index contributed by atoms with van der Waals surface area (Å²) in [7, 11) is 0. The minimum Gasteiger partial charge on any atom is -0.330 e. The first-order valence-corrected chi connectivity index (χ1v) is 7.62. The molecule has 4 N–H and O–H groups in total. The van der Waals surface area contributed by atoms with Crippen molar-refractivity contribution in [2.45, 2.75) is 12.8 Å². The number of hydrogen-bond acceptors (Lipinski definition) is 5. The number of piperidine rings is 1. The van der Waals surface area contributed by atoms with Gasteiger partial charge in [-0.25, -0.2) is 0 Å². The normalized spacial score (nSPS) is 19.6. The lowest BCUT2D eigenvalue weighted by Crippen LogP contribution is -2.48. The Kier molecular flexibility index (Phi) is 5.51. The second kappa shape index (κ2) is 7.37. The van der Waals surface area contributed by atoms with Gasteiger partial charge in [0.05, 0.1) is 11.4 Å². The van der Waals surface area contributed by atoms with Crippen LogP contribution in [-0.4, -0.2) is 42.9 Å². The number of rotatable bonds is 4. The molecule has 20 heavy (non-hydrogen) atoms. The average molecular weight is 296 g/mol. The third-order valence-corrected chi connectivity index (χ3v) is 4.23. The van der Waals surface area contributed by atoms with E-state index in [2.05, 4.69) is 15.8 Å². The van der Waals surface area contributed by atoms with E-state index in [1.54, 1.807) is 12.1 Å². The molecule has 2 amide bonds. The number of carbonyl (C=O) groups excluding carboxylic acids is 2. The minimum absolute atomic E-state index is 0.201. The van der Waals surface area contributed by atoms with Crippen molar-refractivity contribution in [2.24, 2.45) is 11.7 Å². The third-order valence-electron chi connectivity index (χ3n) is 3.36. The van der Waals surface area contributed by atoms with E-state index in [1.807, 2.05) is 5.38 Å². The molecule has 0 bridgehead atoms. The van der Waals surface area contributed by atoms with Crippen LogP contribution in [0.3, 0.4) is 0 Å². The van der Waals surface area contributed by atoms with Gasteiger partial charge >= 0.3 is 0 Å². The Balaban J connectivity index is 1.71. The van der Waals surface area contributed by atoms with E-state index >= 15 is 0 Å². The summed E-state index contributed by atoms with van der Waals surface area (Å²) in [5.41, 5.74) is 10.5. The number of nitrogens with one attached hydrogen (secondary N) is 2. The van der Waals surface area contributed by atoms with Gasteiger partial charge in [-0.1, -0.05) is 6.07 Å². The first kappa shape index (κ1) is 15.0. The molecule has 0 aliphatic carbocycles. The molecule has 6 nitrogen and oxygen atoms in total. The van der Waals surface area contributed by atoms with Crippen molar-refractivity contribution < 1.29 is 9.59 Å². The molecule has 1 aliphatic rings. The van der Waals surface area contributed by atoms with E-state index in [0.717, 1.165) is 25.9 Å². The largest absolute Gasteiger partial charge is 0.330 e. The quantitative estimate of drug-likeness (QED) is 0.692. The van der Waals surface area contributed by atoms with Crippen LogP contribution >= 0.6 is 11.3 Å². The Morgan fingerprint density at radius 3 is 3.00 bits per heavy atom. The molecule has 1 aromatic heterocycles. The molecule has 0 aromatic carbocycles. The molecule has 2 heterocycles. The summed E-state index contributed by atoms with van der Waals surface area (Å²) in [6.45, 7) is 2.71. The van der Waals surface area contributed by atoms with Crippen LogP contribution in [0, 0.1) is 5.92 Å². The zero-order valence-electron chi connectivity index (χ0n) is 11.3. The van der Waals surface area contributed by atoms with Crippen LogP contribution in [0.1, 0.15) is 22.5 Å². The Bertz CT molecular complexity index is 449. The molecule has 1 fully saturated rings. The van der Waals surface area contributed by atoms with Crippen molar-refractivity contribution in [2.75, 3.05) is 26.2 Å². The van der Waals surface area contributed by atoms with Crippen molar-refractivity contribution in [1.82, 2.24) is 15.8 Å². The van der Waals surface area contributed by atoms with Gasteiger partial charge in [-0.15, -0.1) is 11.3 Å². The lowest BCUT2D eigenvalue weighted by atomic mass is 9.98. The van der Waals surface area contributed by atoms with Gasteiger partial charge in [0.15, 0.2) is 0 Å². The molecule has 2 rings (SSSR count). The molecule has 1 aromatic rings. The number of thiophene rings is 1.